The van der Waals surface area contributed by atoms with E-state index in [0.717, 1.165) is 6.54 Å². The maximum Gasteiger partial charge on any atom is 0.248 e. The average Bonchev–Trinajstić information content (AvgIpc) is 2.26. The summed E-state index contributed by atoms with van der Waals surface area (Å²) in [6.07, 6.45) is 0.830. The van der Waals surface area contributed by atoms with Crippen molar-refractivity contribution in [3.05, 3.63) is 0 Å². The molecule has 0 aromatic heterocycles. The lowest BCUT2D eigenvalue weighted by molar-refractivity contribution is 0.00501. The Kier molecular flexibility index (Phi) is 3.04. The lowest BCUT2D eigenvalue weighted by atomic mass is 10.1. The number of nitrogens with one attached hydrogen (secondary N) is 1. The lowest BCUT2D eigenvalue weighted by Gasteiger charge is -2.13. The second kappa shape index (κ2) is 3.69. The first-order valence-electron chi connectivity index (χ1n) is 4.61. The second-order valence-electron chi connectivity index (χ2n) is 4.03. The van der Waals surface area contributed by atoms with E-state index in [0.29, 0.717) is 12.5 Å². The molecule has 1 rings (SSSR count). The number of alkyl halides is 2. The van der Waals surface area contributed by atoms with Crippen LogP contribution in [-0.4, -0.2) is 18.5 Å². The Bertz CT molecular complexity index is 145. The Morgan fingerprint density at radius 3 is 2.58 bits per heavy atom. The van der Waals surface area contributed by atoms with Crippen molar-refractivity contribution in [3.63, 3.8) is 0 Å². The van der Waals surface area contributed by atoms with Crippen molar-refractivity contribution in [2.75, 3.05) is 6.54 Å². The molecule has 0 aromatic carbocycles. The van der Waals surface area contributed by atoms with E-state index < -0.39 is 5.92 Å². The summed E-state index contributed by atoms with van der Waals surface area (Å²) in [6, 6.07) is 0.402. The van der Waals surface area contributed by atoms with Gasteiger partial charge in [0.1, 0.15) is 0 Å². The highest BCUT2D eigenvalue weighted by Gasteiger charge is 2.38. The Morgan fingerprint density at radius 1 is 1.50 bits per heavy atom. The summed E-state index contributed by atoms with van der Waals surface area (Å²) in [5.41, 5.74) is 0. The minimum atomic E-state index is -2.39. The van der Waals surface area contributed by atoms with Gasteiger partial charge in [0.25, 0.3) is 0 Å². The van der Waals surface area contributed by atoms with Crippen molar-refractivity contribution in [1.82, 2.24) is 5.32 Å². The van der Waals surface area contributed by atoms with Gasteiger partial charge in [-0.15, -0.1) is 0 Å². The van der Waals surface area contributed by atoms with Crippen LogP contribution in [0.3, 0.4) is 0 Å². The van der Waals surface area contributed by atoms with Crippen LogP contribution in [0.2, 0.25) is 0 Å². The van der Waals surface area contributed by atoms with E-state index >= 15 is 0 Å². The smallest absolute Gasteiger partial charge is 0.248 e. The van der Waals surface area contributed by atoms with Gasteiger partial charge in [0, 0.05) is 18.9 Å². The van der Waals surface area contributed by atoms with Gasteiger partial charge in [-0.1, -0.05) is 13.8 Å². The van der Waals surface area contributed by atoms with E-state index in [1.807, 2.05) is 13.8 Å². The number of halogens is 2. The van der Waals surface area contributed by atoms with Crippen LogP contribution < -0.4 is 5.32 Å². The molecule has 0 aromatic rings. The third-order valence-electron chi connectivity index (χ3n) is 2.32. The molecule has 0 heterocycles. The standard InChI is InChI=1S/C9H17F2N/c1-7(2)12-6-8-3-4-9(10,11)5-8/h7-8,12H,3-6H2,1-2H3. The number of hydrogen-bond donors (Lipinski definition) is 1. The maximum atomic E-state index is 12.7. The predicted molar refractivity (Wildman–Crippen MR) is 45.4 cm³/mol. The zero-order valence-corrected chi connectivity index (χ0v) is 7.74. The normalized spacial score (nSPS) is 28.2. The van der Waals surface area contributed by atoms with E-state index in [-0.39, 0.29) is 18.8 Å². The van der Waals surface area contributed by atoms with Crippen molar-refractivity contribution >= 4 is 0 Å². The molecule has 0 amide bonds. The quantitative estimate of drug-likeness (QED) is 0.698. The zero-order valence-electron chi connectivity index (χ0n) is 7.74. The predicted octanol–water partition coefficient (Wildman–Crippen LogP) is 2.42. The minimum Gasteiger partial charge on any atom is -0.314 e. The summed E-state index contributed by atoms with van der Waals surface area (Å²) >= 11 is 0. The fourth-order valence-electron chi connectivity index (χ4n) is 1.62. The van der Waals surface area contributed by atoms with Gasteiger partial charge in [-0.05, 0) is 18.9 Å². The highest BCUT2D eigenvalue weighted by molar-refractivity contribution is 4.82. The zero-order chi connectivity index (χ0) is 9.19. The molecule has 1 unspecified atom stereocenters. The highest BCUT2D eigenvalue weighted by Crippen LogP contribution is 2.38. The van der Waals surface area contributed by atoms with Crippen molar-refractivity contribution in [2.24, 2.45) is 5.92 Å². The summed E-state index contributed by atoms with van der Waals surface area (Å²) in [5.74, 6) is -2.20. The Balaban J connectivity index is 2.20. The van der Waals surface area contributed by atoms with Crippen LogP contribution >= 0.6 is 0 Å². The molecule has 0 saturated heterocycles. The topological polar surface area (TPSA) is 12.0 Å². The van der Waals surface area contributed by atoms with E-state index in [1.54, 1.807) is 0 Å². The summed E-state index contributed by atoms with van der Waals surface area (Å²) in [5, 5.41) is 3.19. The Hall–Kier alpha value is -0.180. The van der Waals surface area contributed by atoms with Crippen LogP contribution in [0.5, 0.6) is 0 Å². The van der Waals surface area contributed by atoms with Gasteiger partial charge < -0.3 is 5.32 Å². The molecule has 1 aliphatic rings. The average molecular weight is 177 g/mol. The molecule has 0 radical (unpaired) electrons. The van der Waals surface area contributed by atoms with Crippen LogP contribution in [-0.2, 0) is 0 Å². The van der Waals surface area contributed by atoms with E-state index in [1.165, 1.54) is 0 Å². The molecule has 1 fully saturated rings. The van der Waals surface area contributed by atoms with Gasteiger partial charge in [-0.2, -0.15) is 0 Å². The molecule has 0 spiro atoms. The molecule has 0 bridgehead atoms. The van der Waals surface area contributed by atoms with E-state index in [4.69, 9.17) is 0 Å². The van der Waals surface area contributed by atoms with Crippen LogP contribution in [0, 0.1) is 5.92 Å². The molecule has 1 aliphatic carbocycles. The van der Waals surface area contributed by atoms with E-state index in [9.17, 15) is 8.78 Å². The first-order chi connectivity index (χ1) is 5.49. The molecule has 1 N–H and O–H groups in total. The molecule has 1 saturated carbocycles. The van der Waals surface area contributed by atoms with E-state index in [2.05, 4.69) is 5.32 Å². The first-order valence-corrected chi connectivity index (χ1v) is 4.61. The first kappa shape index (κ1) is 9.90. The molecule has 1 atom stereocenters. The SMILES string of the molecule is CC(C)NCC1CCC(F)(F)C1. The van der Waals surface area contributed by atoms with Crippen LogP contribution in [0.15, 0.2) is 0 Å². The molecular weight excluding hydrogens is 160 g/mol. The molecule has 0 aliphatic heterocycles. The number of hydrogen-bond acceptors (Lipinski definition) is 1. The molecule has 72 valence electrons. The van der Waals surface area contributed by atoms with Crippen LogP contribution in [0.1, 0.15) is 33.1 Å². The van der Waals surface area contributed by atoms with Crippen LogP contribution in [0.4, 0.5) is 8.78 Å². The largest absolute Gasteiger partial charge is 0.314 e. The summed E-state index contributed by atoms with van der Waals surface area (Å²) < 4.78 is 25.4. The third-order valence-corrected chi connectivity index (χ3v) is 2.32. The van der Waals surface area contributed by atoms with Gasteiger partial charge in [0.2, 0.25) is 5.92 Å². The van der Waals surface area contributed by atoms with Crippen molar-refractivity contribution in [2.45, 2.75) is 45.1 Å². The second-order valence-corrected chi connectivity index (χ2v) is 4.03. The summed E-state index contributed by atoms with van der Waals surface area (Å²) in [4.78, 5) is 0. The fourth-order valence-corrected chi connectivity index (χ4v) is 1.62. The summed E-state index contributed by atoms with van der Waals surface area (Å²) in [7, 11) is 0. The Morgan fingerprint density at radius 2 is 2.17 bits per heavy atom. The van der Waals surface area contributed by atoms with Crippen molar-refractivity contribution in [1.29, 1.82) is 0 Å². The van der Waals surface area contributed by atoms with Gasteiger partial charge in [0.15, 0.2) is 0 Å². The van der Waals surface area contributed by atoms with Gasteiger partial charge >= 0.3 is 0 Å². The fraction of sp³-hybridized carbons (Fsp3) is 1.00. The number of rotatable bonds is 3. The monoisotopic (exact) mass is 177 g/mol. The molecular formula is C9H17F2N. The molecule has 12 heavy (non-hydrogen) atoms. The van der Waals surface area contributed by atoms with Gasteiger partial charge in [-0.25, -0.2) is 8.78 Å². The van der Waals surface area contributed by atoms with Crippen molar-refractivity contribution < 1.29 is 8.78 Å². The lowest BCUT2D eigenvalue weighted by Crippen LogP contribution is -2.28. The van der Waals surface area contributed by atoms with Crippen LogP contribution in [0.25, 0.3) is 0 Å². The Labute approximate surface area is 72.5 Å². The molecule has 3 heteroatoms. The third kappa shape index (κ3) is 3.05. The van der Waals surface area contributed by atoms with Crippen molar-refractivity contribution in [3.8, 4) is 0 Å². The minimum absolute atomic E-state index is 0.0761. The highest BCUT2D eigenvalue weighted by atomic mass is 19.3. The maximum absolute atomic E-state index is 12.7. The summed E-state index contributed by atoms with van der Waals surface area (Å²) in [6.45, 7) is 4.81. The molecule has 1 nitrogen and oxygen atoms in total. The van der Waals surface area contributed by atoms with Gasteiger partial charge in [-0.3, -0.25) is 0 Å². The van der Waals surface area contributed by atoms with Gasteiger partial charge in [0.05, 0.1) is 0 Å².